The molecule has 0 aliphatic heterocycles. The SMILES string of the molecule is CCOC(=O)CCc1ccccc1-c1ccccc1C=O. The minimum absolute atomic E-state index is 0.198. The molecule has 0 spiro atoms. The number of carbonyl (C=O) groups is 2. The number of rotatable bonds is 6. The molecule has 3 heteroatoms. The van der Waals surface area contributed by atoms with E-state index in [1.165, 1.54) is 0 Å². The third-order valence-electron chi connectivity index (χ3n) is 3.30. The Morgan fingerprint density at radius 2 is 1.71 bits per heavy atom. The third kappa shape index (κ3) is 3.78. The van der Waals surface area contributed by atoms with Crippen molar-refractivity contribution in [2.24, 2.45) is 0 Å². The van der Waals surface area contributed by atoms with Crippen LogP contribution in [0.3, 0.4) is 0 Å². The van der Waals surface area contributed by atoms with E-state index in [0.29, 0.717) is 25.0 Å². The van der Waals surface area contributed by atoms with Crippen LogP contribution in [0.4, 0.5) is 0 Å². The highest BCUT2D eigenvalue weighted by Crippen LogP contribution is 2.27. The molecule has 0 saturated carbocycles. The van der Waals surface area contributed by atoms with Crippen LogP contribution in [0.1, 0.15) is 29.3 Å². The summed E-state index contributed by atoms with van der Waals surface area (Å²) in [4.78, 5) is 22.7. The van der Waals surface area contributed by atoms with E-state index >= 15 is 0 Å². The molecule has 0 saturated heterocycles. The Labute approximate surface area is 124 Å². The van der Waals surface area contributed by atoms with E-state index in [0.717, 1.165) is 23.0 Å². The van der Waals surface area contributed by atoms with E-state index in [1.54, 1.807) is 13.0 Å². The maximum Gasteiger partial charge on any atom is 0.306 e. The van der Waals surface area contributed by atoms with Crippen molar-refractivity contribution in [3.8, 4) is 11.1 Å². The average molecular weight is 282 g/mol. The molecule has 3 nitrogen and oxygen atoms in total. The number of esters is 1. The fourth-order valence-corrected chi connectivity index (χ4v) is 2.32. The van der Waals surface area contributed by atoms with E-state index in [2.05, 4.69) is 0 Å². The number of aryl methyl sites for hydroxylation is 1. The molecule has 0 fully saturated rings. The van der Waals surface area contributed by atoms with Crippen LogP contribution in [0, 0.1) is 0 Å². The zero-order valence-electron chi connectivity index (χ0n) is 12.0. The minimum Gasteiger partial charge on any atom is -0.466 e. The van der Waals surface area contributed by atoms with E-state index in [-0.39, 0.29) is 5.97 Å². The van der Waals surface area contributed by atoms with Crippen molar-refractivity contribution in [2.45, 2.75) is 19.8 Å². The number of benzene rings is 2. The van der Waals surface area contributed by atoms with E-state index in [4.69, 9.17) is 4.74 Å². The summed E-state index contributed by atoms with van der Waals surface area (Å²) in [6.07, 6.45) is 1.80. The second kappa shape index (κ2) is 7.39. The summed E-state index contributed by atoms with van der Waals surface area (Å²) in [6.45, 7) is 2.20. The van der Waals surface area contributed by atoms with Crippen LogP contribution < -0.4 is 0 Å². The molecule has 0 N–H and O–H groups in total. The lowest BCUT2D eigenvalue weighted by molar-refractivity contribution is -0.143. The highest BCUT2D eigenvalue weighted by molar-refractivity contribution is 5.88. The van der Waals surface area contributed by atoms with Crippen molar-refractivity contribution in [3.05, 3.63) is 59.7 Å². The monoisotopic (exact) mass is 282 g/mol. The maximum atomic E-state index is 11.5. The van der Waals surface area contributed by atoms with Crippen molar-refractivity contribution in [1.82, 2.24) is 0 Å². The number of hydrogen-bond donors (Lipinski definition) is 0. The molecule has 108 valence electrons. The standard InChI is InChI=1S/C18H18O3/c1-2-21-18(20)12-11-14-7-3-5-9-16(14)17-10-6-4-8-15(17)13-19/h3-10,13H,2,11-12H2,1H3. The molecule has 0 radical (unpaired) electrons. The third-order valence-corrected chi connectivity index (χ3v) is 3.30. The molecule has 0 aromatic heterocycles. The topological polar surface area (TPSA) is 43.4 Å². The van der Waals surface area contributed by atoms with E-state index in [9.17, 15) is 9.59 Å². The molecule has 0 heterocycles. The molecule has 2 aromatic carbocycles. The first kappa shape index (κ1) is 15.0. The van der Waals surface area contributed by atoms with Crippen molar-refractivity contribution < 1.29 is 14.3 Å². The molecule has 0 bridgehead atoms. The summed E-state index contributed by atoms with van der Waals surface area (Å²) < 4.78 is 4.96. The quantitative estimate of drug-likeness (QED) is 0.600. The van der Waals surface area contributed by atoms with Crippen LogP contribution >= 0.6 is 0 Å². The first-order valence-corrected chi connectivity index (χ1v) is 7.04. The van der Waals surface area contributed by atoms with Gasteiger partial charge in [0.1, 0.15) is 0 Å². The Kier molecular flexibility index (Phi) is 5.27. The highest BCUT2D eigenvalue weighted by atomic mass is 16.5. The minimum atomic E-state index is -0.198. The lowest BCUT2D eigenvalue weighted by Crippen LogP contribution is -2.05. The highest BCUT2D eigenvalue weighted by Gasteiger charge is 2.10. The Balaban J connectivity index is 2.28. The van der Waals surface area contributed by atoms with Crippen LogP contribution in [0.25, 0.3) is 11.1 Å². The summed E-state index contributed by atoms with van der Waals surface area (Å²) in [6, 6.07) is 15.3. The van der Waals surface area contributed by atoms with Crippen LogP contribution in [0.2, 0.25) is 0 Å². The van der Waals surface area contributed by atoms with Crippen molar-refractivity contribution in [1.29, 1.82) is 0 Å². The van der Waals surface area contributed by atoms with E-state index < -0.39 is 0 Å². The first-order chi connectivity index (χ1) is 10.3. The van der Waals surface area contributed by atoms with Gasteiger partial charge in [0, 0.05) is 12.0 Å². The van der Waals surface area contributed by atoms with Gasteiger partial charge in [-0.05, 0) is 30.0 Å². The largest absolute Gasteiger partial charge is 0.466 e. The van der Waals surface area contributed by atoms with Crippen LogP contribution in [-0.4, -0.2) is 18.9 Å². The van der Waals surface area contributed by atoms with Gasteiger partial charge < -0.3 is 4.74 Å². The molecule has 0 atom stereocenters. The summed E-state index contributed by atoms with van der Waals surface area (Å²) >= 11 is 0. The van der Waals surface area contributed by atoms with Crippen molar-refractivity contribution >= 4 is 12.3 Å². The predicted octanol–water partition coefficient (Wildman–Crippen LogP) is 3.66. The van der Waals surface area contributed by atoms with Crippen molar-refractivity contribution in [2.75, 3.05) is 6.61 Å². The van der Waals surface area contributed by atoms with Crippen LogP contribution in [0.5, 0.6) is 0 Å². The van der Waals surface area contributed by atoms with Gasteiger partial charge in [-0.2, -0.15) is 0 Å². The number of aldehydes is 1. The Bertz CT molecular complexity index is 632. The zero-order chi connectivity index (χ0) is 15.1. The lowest BCUT2D eigenvalue weighted by atomic mass is 9.94. The number of ether oxygens (including phenoxy) is 1. The number of hydrogen-bond acceptors (Lipinski definition) is 3. The van der Waals surface area contributed by atoms with Gasteiger partial charge >= 0.3 is 5.97 Å². The molecular formula is C18H18O3. The van der Waals surface area contributed by atoms with Gasteiger partial charge in [-0.25, -0.2) is 0 Å². The van der Waals surface area contributed by atoms with Gasteiger partial charge in [-0.15, -0.1) is 0 Å². The zero-order valence-corrected chi connectivity index (χ0v) is 12.0. The molecule has 0 aliphatic rings. The Morgan fingerprint density at radius 1 is 1.05 bits per heavy atom. The second-order valence-corrected chi connectivity index (χ2v) is 4.67. The van der Waals surface area contributed by atoms with Crippen molar-refractivity contribution in [3.63, 3.8) is 0 Å². The van der Waals surface area contributed by atoms with Crippen LogP contribution in [0.15, 0.2) is 48.5 Å². The molecule has 0 unspecified atom stereocenters. The molecule has 2 aromatic rings. The normalized spacial score (nSPS) is 10.1. The fraction of sp³-hybridized carbons (Fsp3) is 0.222. The van der Waals surface area contributed by atoms with Gasteiger partial charge in [0.2, 0.25) is 0 Å². The smallest absolute Gasteiger partial charge is 0.306 e. The fourth-order valence-electron chi connectivity index (χ4n) is 2.32. The van der Waals surface area contributed by atoms with Gasteiger partial charge in [-0.3, -0.25) is 9.59 Å². The second-order valence-electron chi connectivity index (χ2n) is 4.67. The van der Waals surface area contributed by atoms with E-state index in [1.807, 2.05) is 42.5 Å². The predicted molar refractivity (Wildman–Crippen MR) is 82.2 cm³/mol. The first-order valence-electron chi connectivity index (χ1n) is 7.04. The Morgan fingerprint density at radius 3 is 2.43 bits per heavy atom. The van der Waals surface area contributed by atoms with Gasteiger partial charge in [0.15, 0.2) is 6.29 Å². The van der Waals surface area contributed by atoms with Gasteiger partial charge in [0.25, 0.3) is 0 Å². The average Bonchev–Trinajstić information content (AvgIpc) is 2.53. The summed E-state index contributed by atoms with van der Waals surface area (Å²) in [5.41, 5.74) is 3.58. The van der Waals surface area contributed by atoms with Crippen LogP contribution in [-0.2, 0) is 16.0 Å². The van der Waals surface area contributed by atoms with Gasteiger partial charge in [-0.1, -0.05) is 48.5 Å². The maximum absolute atomic E-state index is 11.5. The molecular weight excluding hydrogens is 264 g/mol. The Hall–Kier alpha value is -2.42. The summed E-state index contributed by atoms with van der Waals surface area (Å²) in [7, 11) is 0. The molecule has 2 rings (SSSR count). The molecule has 0 aliphatic carbocycles. The molecule has 21 heavy (non-hydrogen) atoms. The number of carbonyl (C=O) groups excluding carboxylic acids is 2. The summed E-state index contributed by atoms with van der Waals surface area (Å²) in [5, 5.41) is 0. The van der Waals surface area contributed by atoms with Gasteiger partial charge in [0.05, 0.1) is 6.61 Å². The lowest BCUT2D eigenvalue weighted by Gasteiger charge is -2.11. The molecule has 0 amide bonds. The summed E-state index contributed by atoms with van der Waals surface area (Å²) in [5.74, 6) is -0.198.